The van der Waals surface area contributed by atoms with Crippen LogP contribution in [0.5, 0.6) is 0 Å². The Hall–Kier alpha value is -0.830. The Morgan fingerprint density at radius 3 is 2.39 bits per heavy atom. The maximum Gasteiger partial charge on any atom is 0.0931 e. The van der Waals surface area contributed by atoms with E-state index in [0.717, 1.165) is 30.3 Å². The van der Waals surface area contributed by atoms with Crippen molar-refractivity contribution < 1.29 is 0 Å². The van der Waals surface area contributed by atoms with Gasteiger partial charge in [0, 0.05) is 18.0 Å². The van der Waals surface area contributed by atoms with Crippen LogP contribution in [0, 0.1) is 0 Å². The second kappa shape index (κ2) is 6.93. The minimum atomic E-state index is 0.875. The van der Waals surface area contributed by atoms with Gasteiger partial charge in [0.1, 0.15) is 0 Å². The molecule has 1 aromatic carbocycles. The van der Waals surface area contributed by atoms with E-state index >= 15 is 0 Å². The molecule has 2 aromatic rings. The molecular weight excluding hydrogens is 262 g/mol. The lowest BCUT2D eigenvalue weighted by Crippen LogP contribution is -2.16. The Bertz CT molecular complexity index is 475. The summed E-state index contributed by atoms with van der Waals surface area (Å²) in [5, 5.41) is 3.46. The van der Waals surface area contributed by atoms with E-state index in [4.69, 9.17) is 11.6 Å². The van der Waals surface area contributed by atoms with Crippen molar-refractivity contribution in [2.75, 3.05) is 6.54 Å². The Morgan fingerprint density at radius 2 is 1.78 bits per heavy atom. The molecule has 0 atom stereocenters. The Balaban J connectivity index is 1.71. The fourth-order valence-corrected chi connectivity index (χ4v) is 2.91. The minimum absolute atomic E-state index is 0.875. The zero-order chi connectivity index (χ0) is 12.8. The summed E-state index contributed by atoms with van der Waals surface area (Å²) in [6.45, 7) is 4.11. The molecule has 2 rings (SSSR count). The second-order valence-electron chi connectivity index (χ2n) is 4.30. The summed E-state index contributed by atoms with van der Waals surface area (Å²) in [7, 11) is 0. The number of nitrogens with one attached hydrogen (secondary N) is 1. The molecule has 0 unspecified atom stereocenters. The average molecular weight is 280 g/mol. The summed E-state index contributed by atoms with van der Waals surface area (Å²) < 4.78 is 0.875. The SMILES string of the molecule is CCc1ccc(CNCCc2ccc(Cl)s2)cc1. The van der Waals surface area contributed by atoms with Crippen LogP contribution in [0.4, 0.5) is 0 Å². The lowest BCUT2D eigenvalue weighted by Gasteiger charge is -2.05. The van der Waals surface area contributed by atoms with Crippen LogP contribution in [0.2, 0.25) is 4.34 Å². The van der Waals surface area contributed by atoms with E-state index in [1.54, 1.807) is 11.3 Å². The molecule has 1 N–H and O–H groups in total. The lowest BCUT2D eigenvalue weighted by molar-refractivity contribution is 0.690. The van der Waals surface area contributed by atoms with Crippen LogP contribution in [0.1, 0.15) is 22.9 Å². The third kappa shape index (κ3) is 4.13. The summed E-state index contributed by atoms with van der Waals surface area (Å²) in [4.78, 5) is 1.34. The zero-order valence-electron chi connectivity index (χ0n) is 10.6. The highest BCUT2D eigenvalue weighted by Gasteiger charge is 1.98. The van der Waals surface area contributed by atoms with E-state index in [-0.39, 0.29) is 0 Å². The number of benzene rings is 1. The van der Waals surface area contributed by atoms with E-state index in [9.17, 15) is 0 Å². The number of hydrogen-bond donors (Lipinski definition) is 1. The fraction of sp³-hybridized carbons (Fsp3) is 0.333. The van der Waals surface area contributed by atoms with Crippen LogP contribution in [0.3, 0.4) is 0 Å². The highest BCUT2D eigenvalue weighted by atomic mass is 35.5. The van der Waals surface area contributed by atoms with Crippen molar-refractivity contribution in [1.29, 1.82) is 0 Å². The van der Waals surface area contributed by atoms with Crippen LogP contribution < -0.4 is 5.32 Å². The van der Waals surface area contributed by atoms with Crippen LogP contribution in [-0.2, 0) is 19.4 Å². The van der Waals surface area contributed by atoms with Crippen molar-refractivity contribution in [3.8, 4) is 0 Å². The van der Waals surface area contributed by atoms with E-state index in [1.807, 2.05) is 6.07 Å². The van der Waals surface area contributed by atoms with Gasteiger partial charge in [-0.25, -0.2) is 0 Å². The van der Waals surface area contributed by atoms with Crippen molar-refractivity contribution in [3.63, 3.8) is 0 Å². The number of hydrogen-bond acceptors (Lipinski definition) is 2. The molecule has 0 saturated heterocycles. The Labute approximate surface area is 118 Å². The molecular formula is C15H18ClNS. The number of halogens is 1. The molecule has 0 aliphatic rings. The van der Waals surface area contributed by atoms with Gasteiger partial charge in [-0.05, 0) is 36.1 Å². The second-order valence-corrected chi connectivity index (χ2v) is 6.10. The Kier molecular flexibility index (Phi) is 5.24. The topological polar surface area (TPSA) is 12.0 Å². The van der Waals surface area contributed by atoms with Crippen molar-refractivity contribution in [2.24, 2.45) is 0 Å². The van der Waals surface area contributed by atoms with E-state index in [0.29, 0.717) is 0 Å². The number of aryl methyl sites for hydroxylation is 1. The third-order valence-electron chi connectivity index (χ3n) is 2.94. The van der Waals surface area contributed by atoms with Crippen molar-refractivity contribution in [1.82, 2.24) is 5.32 Å². The monoisotopic (exact) mass is 279 g/mol. The van der Waals surface area contributed by atoms with Crippen LogP contribution in [0.15, 0.2) is 36.4 Å². The largest absolute Gasteiger partial charge is 0.312 e. The zero-order valence-corrected chi connectivity index (χ0v) is 12.2. The number of rotatable bonds is 6. The van der Waals surface area contributed by atoms with Crippen LogP contribution >= 0.6 is 22.9 Å². The highest BCUT2D eigenvalue weighted by Crippen LogP contribution is 2.21. The normalized spacial score (nSPS) is 10.8. The van der Waals surface area contributed by atoms with E-state index < -0.39 is 0 Å². The van der Waals surface area contributed by atoms with E-state index in [1.165, 1.54) is 16.0 Å². The van der Waals surface area contributed by atoms with Crippen LogP contribution in [0.25, 0.3) is 0 Å². The quantitative estimate of drug-likeness (QED) is 0.778. The summed E-state index contributed by atoms with van der Waals surface area (Å²) in [5.74, 6) is 0. The van der Waals surface area contributed by atoms with Gasteiger partial charge >= 0.3 is 0 Å². The lowest BCUT2D eigenvalue weighted by atomic mass is 10.1. The van der Waals surface area contributed by atoms with Crippen molar-refractivity contribution in [3.05, 3.63) is 56.7 Å². The summed E-state index contributed by atoms with van der Waals surface area (Å²) >= 11 is 7.56. The van der Waals surface area contributed by atoms with Crippen molar-refractivity contribution >= 4 is 22.9 Å². The maximum absolute atomic E-state index is 5.90. The van der Waals surface area contributed by atoms with Crippen molar-refractivity contribution in [2.45, 2.75) is 26.3 Å². The first-order valence-electron chi connectivity index (χ1n) is 6.30. The van der Waals surface area contributed by atoms with Gasteiger partial charge < -0.3 is 5.32 Å². The first-order valence-corrected chi connectivity index (χ1v) is 7.50. The van der Waals surface area contributed by atoms with E-state index in [2.05, 4.69) is 42.6 Å². The molecule has 0 radical (unpaired) electrons. The smallest absolute Gasteiger partial charge is 0.0931 e. The van der Waals surface area contributed by atoms with Gasteiger partial charge in [0.25, 0.3) is 0 Å². The molecule has 0 fully saturated rings. The predicted octanol–water partition coefficient (Wildman–Crippen LogP) is 4.30. The molecule has 0 bridgehead atoms. The standard InChI is InChI=1S/C15H18ClNS/c1-2-12-3-5-13(6-4-12)11-17-10-9-14-7-8-15(16)18-14/h3-8,17H,2,9-11H2,1H3. The van der Waals surface area contributed by atoms with Gasteiger partial charge in [0.05, 0.1) is 4.34 Å². The molecule has 1 nitrogen and oxygen atoms in total. The van der Waals surface area contributed by atoms with Gasteiger partial charge in [-0.15, -0.1) is 11.3 Å². The molecule has 0 aliphatic heterocycles. The third-order valence-corrected chi connectivity index (χ3v) is 4.23. The minimum Gasteiger partial charge on any atom is -0.312 e. The molecule has 1 heterocycles. The molecule has 96 valence electrons. The highest BCUT2D eigenvalue weighted by molar-refractivity contribution is 7.16. The molecule has 3 heteroatoms. The Morgan fingerprint density at radius 1 is 1.06 bits per heavy atom. The maximum atomic E-state index is 5.90. The molecule has 1 aromatic heterocycles. The van der Waals surface area contributed by atoms with Crippen LogP contribution in [-0.4, -0.2) is 6.54 Å². The molecule has 18 heavy (non-hydrogen) atoms. The first kappa shape index (κ1) is 13.6. The van der Waals surface area contributed by atoms with Gasteiger partial charge in [-0.3, -0.25) is 0 Å². The summed E-state index contributed by atoms with van der Waals surface area (Å²) in [6, 6.07) is 12.9. The number of thiophene rings is 1. The van der Waals surface area contributed by atoms with Gasteiger partial charge in [-0.2, -0.15) is 0 Å². The molecule has 0 saturated carbocycles. The first-order chi connectivity index (χ1) is 8.78. The molecule has 0 spiro atoms. The average Bonchev–Trinajstić information content (AvgIpc) is 2.81. The summed E-state index contributed by atoms with van der Waals surface area (Å²) in [5.41, 5.74) is 2.74. The van der Waals surface area contributed by atoms with Gasteiger partial charge in [0.2, 0.25) is 0 Å². The van der Waals surface area contributed by atoms with Gasteiger partial charge in [-0.1, -0.05) is 42.8 Å². The molecule has 0 amide bonds. The molecule has 0 aliphatic carbocycles. The van der Waals surface area contributed by atoms with Gasteiger partial charge in [0.15, 0.2) is 0 Å². The predicted molar refractivity (Wildman–Crippen MR) is 80.6 cm³/mol. The summed E-state index contributed by atoms with van der Waals surface area (Å²) in [6.07, 6.45) is 2.15. The fourth-order valence-electron chi connectivity index (χ4n) is 1.82.